The number of hydrogen-bond donors (Lipinski definition) is 2. The fourth-order valence-corrected chi connectivity index (χ4v) is 1.91. The molecular formula is C14H15ClN2O3. The lowest BCUT2D eigenvalue weighted by Crippen LogP contribution is -2.34. The number of nitrogens with one attached hydrogen (secondary N) is 1. The Morgan fingerprint density at radius 3 is 2.90 bits per heavy atom. The lowest BCUT2D eigenvalue weighted by atomic mass is 10.1. The van der Waals surface area contributed by atoms with Crippen molar-refractivity contribution in [3.05, 3.63) is 53.2 Å². The normalized spacial score (nSPS) is 13.8. The number of aromatic nitrogens is 1. The third-order valence-corrected chi connectivity index (χ3v) is 3.01. The van der Waals surface area contributed by atoms with Crippen LogP contribution >= 0.6 is 11.6 Å². The van der Waals surface area contributed by atoms with E-state index in [-0.39, 0.29) is 17.6 Å². The third kappa shape index (κ3) is 3.82. The van der Waals surface area contributed by atoms with Crippen molar-refractivity contribution in [2.45, 2.75) is 25.5 Å². The number of aliphatic hydroxyl groups is 1. The third-order valence-electron chi connectivity index (χ3n) is 2.79. The van der Waals surface area contributed by atoms with Crippen molar-refractivity contribution in [2.24, 2.45) is 0 Å². The van der Waals surface area contributed by atoms with Crippen LogP contribution < -0.4 is 5.32 Å². The molecule has 20 heavy (non-hydrogen) atoms. The highest BCUT2D eigenvalue weighted by atomic mass is 35.5. The van der Waals surface area contributed by atoms with Gasteiger partial charge in [0.25, 0.3) is 5.91 Å². The van der Waals surface area contributed by atoms with Gasteiger partial charge in [-0.25, -0.2) is 4.98 Å². The topological polar surface area (TPSA) is 75.4 Å². The van der Waals surface area contributed by atoms with E-state index >= 15 is 0 Å². The molecule has 0 aromatic carbocycles. The summed E-state index contributed by atoms with van der Waals surface area (Å²) in [6, 6.07) is 6.33. The minimum absolute atomic E-state index is 0.222. The van der Waals surface area contributed by atoms with Gasteiger partial charge < -0.3 is 14.8 Å². The maximum atomic E-state index is 11.9. The predicted molar refractivity (Wildman–Crippen MR) is 74.5 cm³/mol. The highest BCUT2D eigenvalue weighted by Gasteiger charge is 2.17. The standard InChI is InChI=1S/C14H15ClN2O3/c1-9(7-12(18)13-3-2-6-20-13)17-14(19)11-5-4-10(15)8-16-11/h2-6,8-9,12,18H,7H2,1H3,(H,17,19)/t9-,12-/m1/s1. The number of amides is 1. The molecule has 2 heterocycles. The van der Waals surface area contributed by atoms with Crippen LogP contribution in [0.1, 0.15) is 35.7 Å². The van der Waals surface area contributed by atoms with Crippen LogP contribution in [0.5, 0.6) is 0 Å². The average molecular weight is 295 g/mol. The van der Waals surface area contributed by atoms with Gasteiger partial charge in [0.05, 0.1) is 11.3 Å². The number of nitrogens with zero attached hydrogens (tertiary/aromatic N) is 1. The summed E-state index contributed by atoms with van der Waals surface area (Å²) in [6.45, 7) is 1.81. The van der Waals surface area contributed by atoms with Crippen LogP contribution in [0.25, 0.3) is 0 Å². The van der Waals surface area contributed by atoms with E-state index in [4.69, 9.17) is 16.0 Å². The lowest BCUT2D eigenvalue weighted by molar-refractivity contribution is 0.0898. The van der Waals surface area contributed by atoms with E-state index in [0.29, 0.717) is 17.2 Å². The molecule has 0 fully saturated rings. The minimum Gasteiger partial charge on any atom is -0.467 e. The van der Waals surface area contributed by atoms with Crippen molar-refractivity contribution in [3.63, 3.8) is 0 Å². The van der Waals surface area contributed by atoms with E-state index in [1.54, 1.807) is 31.2 Å². The zero-order valence-electron chi connectivity index (χ0n) is 10.9. The zero-order chi connectivity index (χ0) is 14.5. The molecule has 0 saturated heterocycles. The summed E-state index contributed by atoms with van der Waals surface area (Å²) >= 11 is 5.71. The number of rotatable bonds is 5. The van der Waals surface area contributed by atoms with Crippen molar-refractivity contribution < 1.29 is 14.3 Å². The Hall–Kier alpha value is -1.85. The SMILES string of the molecule is C[C@H](C[C@@H](O)c1ccco1)NC(=O)c1ccc(Cl)cn1. The van der Waals surface area contributed by atoms with E-state index < -0.39 is 6.10 Å². The van der Waals surface area contributed by atoms with Gasteiger partial charge in [0, 0.05) is 18.7 Å². The Balaban J connectivity index is 1.89. The first kappa shape index (κ1) is 14.6. The van der Waals surface area contributed by atoms with Gasteiger partial charge in [0.1, 0.15) is 17.6 Å². The Labute approximate surface area is 121 Å². The van der Waals surface area contributed by atoms with E-state index in [1.807, 2.05) is 0 Å². The second-order valence-electron chi connectivity index (χ2n) is 4.50. The molecule has 5 nitrogen and oxygen atoms in total. The second kappa shape index (κ2) is 6.54. The molecule has 0 radical (unpaired) electrons. The molecule has 106 valence electrons. The fourth-order valence-electron chi connectivity index (χ4n) is 1.80. The molecule has 2 aromatic rings. The average Bonchev–Trinajstić information content (AvgIpc) is 2.93. The molecule has 2 atom stereocenters. The summed E-state index contributed by atoms with van der Waals surface area (Å²) in [7, 11) is 0. The Bertz CT molecular complexity index is 554. The van der Waals surface area contributed by atoms with Gasteiger partial charge in [-0.3, -0.25) is 4.79 Å². The molecule has 0 saturated carbocycles. The van der Waals surface area contributed by atoms with Crippen LogP contribution in [-0.2, 0) is 0 Å². The lowest BCUT2D eigenvalue weighted by Gasteiger charge is -2.16. The quantitative estimate of drug-likeness (QED) is 0.888. The van der Waals surface area contributed by atoms with Crippen molar-refractivity contribution in [1.82, 2.24) is 10.3 Å². The van der Waals surface area contributed by atoms with Crippen molar-refractivity contribution >= 4 is 17.5 Å². The van der Waals surface area contributed by atoms with Gasteiger partial charge in [-0.05, 0) is 31.2 Å². The number of aliphatic hydroxyl groups excluding tert-OH is 1. The number of pyridine rings is 1. The van der Waals surface area contributed by atoms with Gasteiger partial charge >= 0.3 is 0 Å². The van der Waals surface area contributed by atoms with E-state index in [0.717, 1.165) is 0 Å². The van der Waals surface area contributed by atoms with Gasteiger partial charge in [-0.2, -0.15) is 0 Å². The number of hydrogen-bond acceptors (Lipinski definition) is 4. The van der Waals surface area contributed by atoms with Gasteiger partial charge in [0.2, 0.25) is 0 Å². The highest BCUT2D eigenvalue weighted by molar-refractivity contribution is 6.30. The molecule has 2 N–H and O–H groups in total. The van der Waals surface area contributed by atoms with Crippen LogP contribution in [0, 0.1) is 0 Å². The first-order valence-corrected chi connectivity index (χ1v) is 6.58. The molecule has 1 amide bonds. The summed E-state index contributed by atoms with van der Waals surface area (Å²) < 4.78 is 5.11. The van der Waals surface area contributed by atoms with Gasteiger partial charge in [0.15, 0.2) is 0 Å². The summed E-state index contributed by atoms with van der Waals surface area (Å²) in [4.78, 5) is 15.8. The monoisotopic (exact) mass is 294 g/mol. The molecule has 0 aliphatic heterocycles. The number of carbonyl (C=O) groups excluding carboxylic acids is 1. The molecule has 0 aliphatic carbocycles. The first-order chi connectivity index (χ1) is 9.56. The molecule has 0 bridgehead atoms. The van der Waals surface area contributed by atoms with Crippen LogP contribution in [0.15, 0.2) is 41.1 Å². The molecule has 0 spiro atoms. The molecule has 6 heteroatoms. The number of carbonyl (C=O) groups is 1. The smallest absolute Gasteiger partial charge is 0.270 e. The number of halogens is 1. The van der Waals surface area contributed by atoms with Crippen molar-refractivity contribution in [1.29, 1.82) is 0 Å². The van der Waals surface area contributed by atoms with Crippen LogP contribution in [0.4, 0.5) is 0 Å². The summed E-state index contributed by atoms with van der Waals surface area (Å²) in [5.41, 5.74) is 0.286. The maximum Gasteiger partial charge on any atom is 0.270 e. The molecule has 2 aromatic heterocycles. The maximum absolute atomic E-state index is 11.9. The second-order valence-corrected chi connectivity index (χ2v) is 4.94. The molecule has 2 rings (SSSR count). The fraction of sp³-hybridized carbons (Fsp3) is 0.286. The Kier molecular flexibility index (Phi) is 4.76. The van der Waals surface area contributed by atoms with Crippen LogP contribution in [-0.4, -0.2) is 22.0 Å². The highest BCUT2D eigenvalue weighted by Crippen LogP contribution is 2.18. The van der Waals surface area contributed by atoms with Crippen molar-refractivity contribution in [3.8, 4) is 0 Å². The van der Waals surface area contributed by atoms with Crippen LogP contribution in [0.3, 0.4) is 0 Å². The summed E-state index contributed by atoms with van der Waals surface area (Å²) in [5, 5.41) is 13.2. The summed E-state index contributed by atoms with van der Waals surface area (Å²) in [6.07, 6.45) is 2.52. The van der Waals surface area contributed by atoms with E-state index in [1.165, 1.54) is 12.5 Å². The molecular weight excluding hydrogens is 280 g/mol. The van der Waals surface area contributed by atoms with Crippen molar-refractivity contribution in [2.75, 3.05) is 0 Å². The molecule has 0 aliphatic rings. The van der Waals surface area contributed by atoms with E-state index in [2.05, 4.69) is 10.3 Å². The van der Waals surface area contributed by atoms with E-state index in [9.17, 15) is 9.90 Å². The molecule has 0 unspecified atom stereocenters. The Morgan fingerprint density at radius 2 is 2.30 bits per heavy atom. The predicted octanol–water partition coefficient (Wildman–Crippen LogP) is 2.57. The summed E-state index contributed by atoms with van der Waals surface area (Å²) in [5.74, 6) is 0.177. The van der Waals surface area contributed by atoms with Crippen LogP contribution in [0.2, 0.25) is 5.02 Å². The van der Waals surface area contributed by atoms with Gasteiger partial charge in [-0.15, -0.1) is 0 Å². The zero-order valence-corrected chi connectivity index (χ0v) is 11.7. The van der Waals surface area contributed by atoms with Gasteiger partial charge in [-0.1, -0.05) is 11.6 Å². The largest absolute Gasteiger partial charge is 0.467 e. The Morgan fingerprint density at radius 1 is 1.50 bits per heavy atom. The number of furan rings is 1. The first-order valence-electron chi connectivity index (χ1n) is 6.20. The minimum atomic E-state index is -0.751.